The first-order valence-electron chi connectivity index (χ1n) is 8.87. The smallest absolute Gasteiger partial charge is 0.231 e. The van der Waals surface area contributed by atoms with Gasteiger partial charge in [0.05, 0.1) is 19.3 Å². The van der Waals surface area contributed by atoms with Crippen molar-refractivity contribution >= 4 is 22.8 Å². The lowest BCUT2D eigenvalue weighted by Crippen LogP contribution is -1.97. The number of carbonyl (C=O) groups excluding carboxylic acids is 1. The fourth-order valence-electron chi connectivity index (χ4n) is 3.46. The topological polar surface area (TPSA) is 49.7 Å². The molecule has 1 aliphatic heterocycles. The van der Waals surface area contributed by atoms with Crippen LogP contribution in [-0.2, 0) is 7.05 Å². The number of allylic oxidation sites excluding steroid dienone is 1. The number of ketones is 1. The van der Waals surface area contributed by atoms with E-state index in [9.17, 15) is 4.79 Å². The molecule has 0 spiro atoms. The minimum Gasteiger partial charge on any atom is -0.497 e. The monoisotopic (exact) mass is 363 g/mol. The largest absolute Gasteiger partial charge is 0.497 e. The summed E-state index contributed by atoms with van der Waals surface area (Å²) in [6, 6.07) is 9.48. The Labute approximate surface area is 157 Å². The molecule has 138 valence electrons. The van der Waals surface area contributed by atoms with Gasteiger partial charge in [-0.3, -0.25) is 4.79 Å². The second-order valence-corrected chi connectivity index (χ2v) is 6.52. The molecule has 1 aliphatic rings. The second-order valence-electron chi connectivity index (χ2n) is 6.52. The zero-order valence-electron chi connectivity index (χ0n) is 15.8. The van der Waals surface area contributed by atoms with Crippen LogP contribution in [0.4, 0.5) is 0 Å². The van der Waals surface area contributed by atoms with E-state index in [-0.39, 0.29) is 5.78 Å². The summed E-state index contributed by atoms with van der Waals surface area (Å²) in [6.45, 7) is 4.40. The van der Waals surface area contributed by atoms with E-state index in [1.54, 1.807) is 19.3 Å². The first-order valence-corrected chi connectivity index (χ1v) is 8.87. The highest BCUT2D eigenvalue weighted by Crippen LogP contribution is 2.39. The first-order chi connectivity index (χ1) is 13.0. The summed E-state index contributed by atoms with van der Waals surface area (Å²) in [7, 11) is 3.61. The quantitative estimate of drug-likeness (QED) is 0.640. The van der Waals surface area contributed by atoms with Gasteiger partial charge in [-0.05, 0) is 50.3 Å². The number of benzene rings is 2. The van der Waals surface area contributed by atoms with Crippen molar-refractivity contribution in [3.63, 3.8) is 0 Å². The van der Waals surface area contributed by atoms with Gasteiger partial charge in [-0.15, -0.1) is 0 Å². The molecular weight excluding hydrogens is 342 g/mol. The van der Waals surface area contributed by atoms with Crippen LogP contribution in [0.25, 0.3) is 17.0 Å². The van der Waals surface area contributed by atoms with E-state index in [2.05, 4.69) is 0 Å². The number of hydrogen-bond donors (Lipinski definition) is 0. The Morgan fingerprint density at radius 3 is 2.78 bits per heavy atom. The van der Waals surface area contributed by atoms with Gasteiger partial charge in [-0.1, -0.05) is 0 Å². The van der Waals surface area contributed by atoms with Gasteiger partial charge < -0.3 is 18.8 Å². The minimum atomic E-state index is -0.115. The lowest BCUT2D eigenvalue weighted by atomic mass is 10.1. The first kappa shape index (κ1) is 17.2. The van der Waals surface area contributed by atoms with Crippen molar-refractivity contribution in [3.8, 4) is 17.2 Å². The number of nitrogens with zero attached hydrogens (tertiary/aromatic N) is 1. The van der Waals surface area contributed by atoms with Gasteiger partial charge in [-0.25, -0.2) is 0 Å². The Kier molecular flexibility index (Phi) is 4.15. The fraction of sp³-hybridized carbons (Fsp3) is 0.227. The van der Waals surface area contributed by atoms with Gasteiger partial charge in [0.2, 0.25) is 5.78 Å². The van der Waals surface area contributed by atoms with Crippen LogP contribution in [-0.4, -0.2) is 24.1 Å². The highest BCUT2D eigenvalue weighted by molar-refractivity contribution is 6.15. The Hall–Kier alpha value is -3.21. The number of Topliss-reactive ketones (excluding diaryl/α,β-unsaturated/α-hetero) is 1. The van der Waals surface area contributed by atoms with Gasteiger partial charge in [0.25, 0.3) is 0 Å². The molecule has 5 nitrogen and oxygen atoms in total. The predicted molar refractivity (Wildman–Crippen MR) is 105 cm³/mol. The molecule has 0 saturated carbocycles. The molecule has 0 unspecified atom stereocenters. The number of rotatable bonds is 4. The molecule has 2 aromatic carbocycles. The predicted octanol–water partition coefficient (Wildman–Crippen LogP) is 4.51. The summed E-state index contributed by atoms with van der Waals surface area (Å²) < 4.78 is 18.9. The molecule has 0 amide bonds. The van der Waals surface area contributed by atoms with Crippen LogP contribution in [0.2, 0.25) is 0 Å². The molecule has 2 heterocycles. The molecule has 0 aliphatic carbocycles. The Morgan fingerprint density at radius 2 is 2.04 bits per heavy atom. The third kappa shape index (κ3) is 2.76. The number of aryl methyl sites for hydroxylation is 1. The zero-order chi connectivity index (χ0) is 19.1. The van der Waals surface area contributed by atoms with Gasteiger partial charge in [0.1, 0.15) is 17.2 Å². The number of fused-ring (bicyclic) bond motifs is 2. The van der Waals surface area contributed by atoms with Crippen LogP contribution in [0.15, 0.2) is 42.3 Å². The van der Waals surface area contributed by atoms with Gasteiger partial charge in [0.15, 0.2) is 5.76 Å². The van der Waals surface area contributed by atoms with Crippen molar-refractivity contribution in [2.75, 3.05) is 13.7 Å². The molecule has 1 aromatic heterocycles. The summed E-state index contributed by atoms with van der Waals surface area (Å²) in [4.78, 5) is 12.8. The third-order valence-corrected chi connectivity index (χ3v) is 4.85. The molecule has 0 bridgehead atoms. The molecule has 0 fully saturated rings. The molecule has 0 atom stereocenters. The highest BCUT2D eigenvalue weighted by atomic mass is 16.5. The lowest BCUT2D eigenvalue weighted by molar-refractivity contribution is 0.101. The van der Waals surface area contributed by atoms with Crippen LogP contribution in [0, 0.1) is 6.92 Å². The number of aromatic nitrogens is 1. The van der Waals surface area contributed by atoms with Crippen molar-refractivity contribution in [1.29, 1.82) is 0 Å². The summed E-state index contributed by atoms with van der Waals surface area (Å²) in [6.07, 6.45) is 3.78. The Bertz CT molecular complexity index is 1090. The Balaban J connectivity index is 1.78. The van der Waals surface area contributed by atoms with E-state index in [1.165, 1.54) is 0 Å². The average Bonchev–Trinajstić information content (AvgIpc) is 3.15. The number of carbonyl (C=O) groups is 1. The van der Waals surface area contributed by atoms with E-state index in [4.69, 9.17) is 14.2 Å². The molecule has 5 heteroatoms. The van der Waals surface area contributed by atoms with E-state index >= 15 is 0 Å². The van der Waals surface area contributed by atoms with Crippen LogP contribution >= 0.6 is 0 Å². The number of methoxy groups -OCH3 is 1. The number of ether oxygens (including phenoxy) is 3. The SMILES string of the molecule is CCOc1ccc2c(c1C)O/C(=C/c1cn(C)c3ccc(OC)cc13)C2=O. The van der Waals surface area contributed by atoms with E-state index in [1.807, 2.05) is 55.9 Å². The second kappa shape index (κ2) is 6.50. The lowest BCUT2D eigenvalue weighted by Gasteiger charge is -2.09. The molecule has 3 aromatic rings. The maximum Gasteiger partial charge on any atom is 0.231 e. The van der Waals surface area contributed by atoms with Crippen LogP contribution in [0.1, 0.15) is 28.4 Å². The number of hydrogen-bond acceptors (Lipinski definition) is 4. The van der Waals surface area contributed by atoms with Crippen LogP contribution < -0.4 is 14.2 Å². The maximum absolute atomic E-state index is 12.8. The van der Waals surface area contributed by atoms with E-state index < -0.39 is 0 Å². The minimum absolute atomic E-state index is 0.115. The normalized spacial score (nSPS) is 14.5. The van der Waals surface area contributed by atoms with Crippen molar-refractivity contribution in [3.05, 3.63) is 59.0 Å². The van der Waals surface area contributed by atoms with Crippen LogP contribution in [0.3, 0.4) is 0 Å². The van der Waals surface area contributed by atoms with E-state index in [0.717, 1.165) is 33.5 Å². The zero-order valence-corrected chi connectivity index (χ0v) is 15.8. The van der Waals surface area contributed by atoms with Crippen LogP contribution in [0.5, 0.6) is 17.2 Å². The summed E-state index contributed by atoms with van der Waals surface area (Å²) >= 11 is 0. The van der Waals surface area contributed by atoms with Gasteiger partial charge in [-0.2, -0.15) is 0 Å². The van der Waals surface area contributed by atoms with Crippen molar-refractivity contribution in [2.24, 2.45) is 7.05 Å². The van der Waals surface area contributed by atoms with Crippen molar-refractivity contribution < 1.29 is 19.0 Å². The fourth-order valence-corrected chi connectivity index (χ4v) is 3.46. The standard InChI is InChI=1S/C22H21NO4/c1-5-26-19-9-7-16-21(24)20(27-22(16)13(19)2)10-14-12-23(3)18-8-6-15(25-4)11-17(14)18/h6-12H,5H2,1-4H3/b20-10+. The van der Waals surface area contributed by atoms with Gasteiger partial charge in [0, 0.05) is 35.3 Å². The maximum atomic E-state index is 12.8. The third-order valence-electron chi connectivity index (χ3n) is 4.85. The highest BCUT2D eigenvalue weighted by Gasteiger charge is 2.30. The summed E-state index contributed by atoms with van der Waals surface area (Å²) in [5, 5.41) is 1.00. The molecular formula is C22H21NO4. The van der Waals surface area contributed by atoms with Gasteiger partial charge >= 0.3 is 0 Å². The Morgan fingerprint density at radius 1 is 1.22 bits per heavy atom. The van der Waals surface area contributed by atoms with E-state index in [0.29, 0.717) is 23.7 Å². The molecule has 27 heavy (non-hydrogen) atoms. The molecule has 4 rings (SSSR count). The average molecular weight is 363 g/mol. The molecule has 0 saturated heterocycles. The van der Waals surface area contributed by atoms with Crippen molar-refractivity contribution in [2.45, 2.75) is 13.8 Å². The summed E-state index contributed by atoms with van der Waals surface area (Å²) in [5.74, 6) is 2.29. The molecule has 0 radical (unpaired) electrons. The summed E-state index contributed by atoms with van der Waals surface area (Å²) in [5.41, 5.74) is 3.37. The van der Waals surface area contributed by atoms with Crippen molar-refractivity contribution in [1.82, 2.24) is 4.57 Å². The molecule has 0 N–H and O–H groups in total.